The van der Waals surface area contributed by atoms with E-state index in [1.807, 2.05) is 0 Å². The van der Waals surface area contributed by atoms with E-state index in [-0.39, 0.29) is 11.5 Å². The van der Waals surface area contributed by atoms with Gasteiger partial charge in [0.25, 0.3) is 0 Å². The van der Waals surface area contributed by atoms with Gasteiger partial charge in [0.05, 0.1) is 17.6 Å². The highest BCUT2D eigenvalue weighted by atomic mass is 35.5. The van der Waals surface area contributed by atoms with Crippen LogP contribution in [-0.4, -0.2) is 27.8 Å². The highest BCUT2D eigenvalue weighted by Crippen LogP contribution is 2.22. The SMILES string of the molecule is OC1CC[C@@H](O)CC1Cl. The fourth-order valence-electron chi connectivity index (χ4n) is 1.08. The Morgan fingerprint density at radius 1 is 1.22 bits per heavy atom. The van der Waals surface area contributed by atoms with Crippen molar-refractivity contribution in [2.24, 2.45) is 0 Å². The molecule has 1 aliphatic rings. The first-order chi connectivity index (χ1) is 4.20. The van der Waals surface area contributed by atoms with Crippen LogP contribution in [-0.2, 0) is 0 Å². The van der Waals surface area contributed by atoms with E-state index in [4.69, 9.17) is 21.8 Å². The standard InChI is InChI=1S/C6H11ClO2/c7-5-3-4(8)1-2-6(5)9/h4-6,8-9H,1-3H2/t4-,5?,6?/m1/s1. The van der Waals surface area contributed by atoms with Crippen LogP contribution in [0.3, 0.4) is 0 Å². The molecular weight excluding hydrogens is 140 g/mol. The first kappa shape index (κ1) is 7.32. The number of aliphatic hydroxyl groups excluding tert-OH is 2. The molecule has 54 valence electrons. The van der Waals surface area contributed by atoms with E-state index in [9.17, 15) is 0 Å². The Bertz CT molecular complexity index is 97.1. The summed E-state index contributed by atoms with van der Waals surface area (Å²) in [4.78, 5) is 0. The molecule has 1 fully saturated rings. The normalized spacial score (nSPS) is 45.0. The molecule has 1 saturated carbocycles. The summed E-state index contributed by atoms with van der Waals surface area (Å²) in [6, 6.07) is 0. The Balaban J connectivity index is 2.35. The van der Waals surface area contributed by atoms with Gasteiger partial charge in [0.2, 0.25) is 0 Å². The van der Waals surface area contributed by atoms with Gasteiger partial charge >= 0.3 is 0 Å². The fraction of sp³-hybridized carbons (Fsp3) is 1.00. The molecule has 0 heterocycles. The van der Waals surface area contributed by atoms with Gasteiger partial charge in [-0.05, 0) is 19.3 Å². The average molecular weight is 151 g/mol. The summed E-state index contributed by atoms with van der Waals surface area (Å²) in [7, 11) is 0. The minimum Gasteiger partial charge on any atom is -0.393 e. The van der Waals surface area contributed by atoms with Crippen molar-refractivity contribution in [3.8, 4) is 0 Å². The number of hydrogen-bond donors (Lipinski definition) is 2. The number of halogens is 1. The second-order valence-corrected chi connectivity index (χ2v) is 3.11. The largest absolute Gasteiger partial charge is 0.393 e. The number of hydrogen-bond acceptors (Lipinski definition) is 2. The molecule has 0 saturated heterocycles. The predicted molar refractivity (Wildman–Crippen MR) is 35.5 cm³/mol. The molecule has 1 aliphatic carbocycles. The number of alkyl halides is 1. The Kier molecular flexibility index (Phi) is 2.33. The molecule has 0 aromatic rings. The van der Waals surface area contributed by atoms with Crippen molar-refractivity contribution >= 4 is 11.6 Å². The smallest absolute Gasteiger partial charge is 0.0705 e. The first-order valence-corrected chi connectivity index (χ1v) is 3.64. The lowest BCUT2D eigenvalue weighted by atomic mass is 9.95. The van der Waals surface area contributed by atoms with E-state index < -0.39 is 6.10 Å². The summed E-state index contributed by atoms with van der Waals surface area (Å²) in [5.74, 6) is 0. The highest BCUT2D eigenvalue weighted by molar-refractivity contribution is 6.21. The molecule has 0 aromatic heterocycles. The quantitative estimate of drug-likeness (QED) is 0.494. The third kappa shape index (κ3) is 1.81. The maximum absolute atomic E-state index is 9.05. The Morgan fingerprint density at radius 3 is 2.33 bits per heavy atom. The zero-order valence-corrected chi connectivity index (χ0v) is 5.88. The molecule has 2 N–H and O–H groups in total. The lowest BCUT2D eigenvalue weighted by molar-refractivity contribution is 0.0576. The average Bonchev–Trinajstić information content (AvgIpc) is 1.80. The van der Waals surface area contributed by atoms with Crippen LogP contribution in [0.4, 0.5) is 0 Å². The van der Waals surface area contributed by atoms with E-state index >= 15 is 0 Å². The summed E-state index contributed by atoms with van der Waals surface area (Å²) in [5, 5.41) is 17.8. The summed E-state index contributed by atoms with van der Waals surface area (Å²) in [5.41, 5.74) is 0. The second-order valence-electron chi connectivity index (χ2n) is 2.55. The molecule has 0 aliphatic heterocycles. The van der Waals surface area contributed by atoms with Gasteiger partial charge in [-0.3, -0.25) is 0 Å². The molecule has 9 heavy (non-hydrogen) atoms. The number of aliphatic hydroxyl groups is 2. The summed E-state index contributed by atoms with van der Waals surface area (Å²) >= 11 is 5.65. The Labute approximate surface area is 59.4 Å². The highest BCUT2D eigenvalue weighted by Gasteiger charge is 2.25. The van der Waals surface area contributed by atoms with Gasteiger partial charge in [-0.2, -0.15) is 0 Å². The van der Waals surface area contributed by atoms with Crippen LogP contribution < -0.4 is 0 Å². The third-order valence-electron chi connectivity index (χ3n) is 1.71. The Morgan fingerprint density at radius 2 is 1.89 bits per heavy atom. The van der Waals surface area contributed by atoms with Crippen LogP contribution in [0.2, 0.25) is 0 Å². The van der Waals surface area contributed by atoms with Gasteiger partial charge in [-0.25, -0.2) is 0 Å². The molecule has 3 atom stereocenters. The van der Waals surface area contributed by atoms with Gasteiger partial charge < -0.3 is 10.2 Å². The van der Waals surface area contributed by atoms with Crippen molar-refractivity contribution in [3.63, 3.8) is 0 Å². The molecular formula is C6H11ClO2. The first-order valence-electron chi connectivity index (χ1n) is 3.20. The van der Waals surface area contributed by atoms with Gasteiger partial charge in [-0.15, -0.1) is 11.6 Å². The maximum atomic E-state index is 9.05. The molecule has 0 aromatic carbocycles. The van der Waals surface area contributed by atoms with Crippen molar-refractivity contribution < 1.29 is 10.2 Å². The van der Waals surface area contributed by atoms with Crippen LogP contribution in [0.5, 0.6) is 0 Å². The molecule has 0 spiro atoms. The maximum Gasteiger partial charge on any atom is 0.0705 e. The van der Waals surface area contributed by atoms with E-state index in [2.05, 4.69) is 0 Å². The molecule has 2 unspecified atom stereocenters. The monoisotopic (exact) mass is 150 g/mol. The van der Waals surface area contributed by atoms with Gasteiger partial charge in [0.15, 0.2) is 0 Å². The molecule has 0 bridgehead atoms. The lowest BCUT2D eigenvalue weighted by Gasteiger charge is -2.25. The minimum absolute atomic E-state index is 0.242. The Hall–Kier alpha value is 0.210. The number of rotatable bonds is 0. The van der Waals surface area contributed by atoms with Gasteiger partial charge in [0.1, 0.15) is 0 Å². The van der Waals surface area contributed by atoms with Crippen molar-refractivity contribution in [2.45, 2.75) is 36.8 Å². The molecule has 1 rings (SSSR count). The van der Waals surface area contributed by atoms with Crippen LogP contribution in [0, 0.1) is 0 Å². The summed E-state index contributed by atoms with van der Waals surface area (Å²) in [6.45, 7) is 0. The molecule has 2 nitrogen and oxygen atoms in total. The van der Waals surface area contributed by atoms with Crippen LogP contribution in [0.1, 0.15) is 19.3 Å². The zero-order valence-electron chi connectivity index (χ0n) is 5.13. The zero-order chi connectivity index (χ0) is 6.85. The second kappa shape index (κ2) is 2.86. The third-order valence-corrected chi connectivity index (χ3v) is 2.18. The van der Waals surface area contributed by atoms with Gasteiger partial charge in [-0.1, -0.05) is 0 Å². The van der Waals surface area contributed by atoms with Gasteiger partial charge in [0, 0.05) is 0 Å². The van der Waals surface area contributed by atoms with Crippen LogP contribution >= 0.6 is 11.6 Å². The van der Waals surface area contributed by atoms with Crippen molar-refractivity contribution in [3.05, 3.63) is 0 Å². The van der Waals surface area contributed by atoms with E-state index in [1.54, 1.807) is 0 Å². The van der Waals surface area contributed by atoms with E-state index in [1.165, 1.54) is 0 Å². The van der Waals surface area contributed by atoms with E-state index in [0.29, 0.717) is 19.3 Å². The van der Waals surface area contributed by atoms with Crippen LogP contribution in [0.15, 0.2) is 0 Å². The summed E-state index contributed by atoms with van der Waals surface area (Å²) in [6.07, 6.45) is 1.15. The van der Waals surface area contributed by atoms with Crippen molar-refractivity contribution in [1.29, 1.82) is 0 Å². The fourth-order valence-corrected chi connectivity index (χ4v) is 1.41. The van der Waals surface area contributed by atoms with E-state index in [0.717, 1.165) is 0 Å². The molecule has 3 heteroatoms. The topological polar surface area (TPSA) is 40.5 Å². The van der Waals surface area contributed by atoms with Crippen LogP contribution in [0.25, 0.3) is 0 Å². The molecule has 0 amide bonds. The minimum atomic E-state index is -0.407. The lowest BCUT2D eigenvalue weighted by Crippen LogP contribution is -2.32. The molecule has 0 radical (unpaired) electrons. The van der Waals surface area contributed by atoms with Crippen molar-refractivity contribution in [2.75, 3.05) is 0 Å². The summed E-state index contributed by atoms with van der Waals surface area (Å²) < 4.78 is 0. The predicted octanol–water partition coefficient (Wildman–Crippen LogP) is 0.499. The van der Waals surface area contributed by atoms with Crippen molar-refractivity contribution in [1.82, 2.24) is 0 Å².